The molecule has 0 saturated carbocycles. The first-order valence-corrected chi connectivity index (χ1v) is 7.21. The highest BCUT2D eigenvalue weighted by Gasteiger charge is 2.10. The van der Waals surface area contributed by atoms with Crippen molar-refractivity contribution in [3.63, 3.8) is 0 Å². The van der Waals surface area contributed by atoms with E-state index in [1.54, 1.807) is 18.3 Å². The maximum Gasteiger partial charge on any atom is 0.262 e. The second-order valence-corrected chi connectivity index (χ2v) is 5.25. The number of rotatable bonds is 4. The Labute approximate surface area is 128 Å². The molecule has 0 saturated heterocycles. The molecule has 0 spiro atoms. The van der Waals surface area contributed by atoms with E-state index in [0.29, 0.717) is 11.6 Å². The third kappa shape index (κ3) is 3.09. The molecule has 3 aromatic rings. The van der Waals surface area contributed by atoms with Crippen LogP contribution in [-0.4, -0.2) is 27.5 Å². The second kappa shape index (κ2) is 6.02. The summed E-state index contributed by atoms with van der Waals surface area (Å²) in [5, 5.41) is 5.53. The van der Waals surface area contributed by atoms with Crippen molar-refractivity contribution in [1.82, 2.24) is 15.0 Å². The first kappa shape index (κ1) is 13.7. The molecule has 8 heteroatoms. The highest BCUT2D eigenvalue weighted by Crippen LogP contribution is 2.25. The number of nitrogens with zero attached hydrogens (tertiary/aromatic N) is 3. The quantitative estimate of drug-likeness (QED) is 0.748. The molecule has 3 rings (SSSR count). The topological polar surface area (TPSA) is 77.0 Å². The van der Waals surface area contributed by atoms with Crippen molar-refractivity contribution in [1.29, 1.82) is 0 Å². The summed E-state index contributed by atoms with van der Waals surface area (Å²) in [6, 6.07) is 5.20. The van der Waals surface area contributed by atoms with E-state index in [-0.39, 0.29) is 17.7 Å². The number of thiophene rings is 1. The Balaban J connectivity index is 1.66. The van der Waals surface area contributed by atoms with E-state index in [4.69, 9.17) is 16.3 Å². The van der Waals surface area contributed by atoms with E-state index < -0.39 is 0 Å². The van der Waals surface area contributed by atoms with Gasteiger partial charge in [-0.1, -0.05) is 11.6 Å². The number of pyridine rings is 1. The predicted molar refractivity (Wildman–Crippen MR) is 80.8 cm³/mol. The minimum atomic E-state index is -0.341. The van der Waals surface area contributed by atoms with Gasteiger partial charge in [-0.05, 0) is 23.6 Å². The fourth-order valence-corrected chi connectivity index (χ4v) is 2.57. The molecule has 21 heavy (non-hydrogen) atoms. The van der Waals surface area contributed by atoms with Gasteiger partial charge in [0, 0.05) is 6.20 Å². The fourth-order valence-electron chi connectivity index (χ4n) is 1.68. The van der Waals surface area contributed by atoms with Gasteiger partial charge in [-0.2, -0.15) is 0 Å². The van der Waals surface area contributed by atoms with Gasteiger partial charge in [0.2, 0.25) is 5.88 Å². The Hall–Kier alpha value is -2.25. The average Bonchev–Trinajstić information content (AvgIpc) is 2.96. The van der Waals surface area contributed by atoms with Crippen molar-refractivity contribution < 1.29 is 9.53 Å². The third-order valence-electron chi connectivity index (χ3n) is 2.60. The highest BCUT2D eigenvalue weighted by molar-refractivity contribution is 7.16. The Morgan fingerprint density at radius 1 is 1.33 bits per heavy atom. The van der Waals surface area contributed by atoms with Crippen LogP contribution in [0.2, 0.25) is 5.15 Å². The third-order valence-corrected chi connectivity index (χ3v) is 3.72. The van der Waals surface area contributed by atoms with Gasteiger partial charge in [0.25, 0.3) is 5.91 Å². The van der Waals surface area contributed by atoms with Gasteiger partial charge >= 0.3 is 0 Å². The van der Waals surface area contributed by atoms with E-state index in [1.165, 1.54) is 17.7 Å². The van der Waals surface area contributed by atoms with Gasteiger partial charge in [-0.3, -0.25) is 4.79 Å². The molecule has 1 amide bonds. The molecule has 106 valence electrons. The number of carbonyl (C=O) groups is 1. The normalized spacial score (nSPS) is 10.5. The minimum absolute atomic E-state index is 0.173. The molecule has 0 aliphatic carbocycles. The van der Waals surface area contributed by atoms with Gasteiger partial charge in [0.05, 0.1) is 11.1 Å². The number of hydrogen-bond acceptors (Lipinski definition) is 6. The molecule has 0 fully saturated rings. The SMILES string of the molecule is O=C(COc1ncnc2sccc12)Nc1cccnc1Cl. The summed E-state index contributed by atoms with van der Waals surface area (Å²) in [6.07, 6.45) is 2.95. The van der Waals surface area contributed by atoms with Crippen LogP contribution in [0.15, 0.2) is 36.1 Å². The van der Waals surface area contributed by atoms with Crippen molar-refractivity contribution in [2.24, 2.45) is 0 Å². The first-order valence-electron chi connectivity index (χ1n) is 5.95. The molecule has 0 radical (unpaired) electrons. The van der Waals surface area contributed by atoms with Crippen LogP contribution < -0.4 is 10.1 Å². The number of nitrogens with one attached hydrogen (secondary N) is 1. The Morgan fingerprint density at radius 2 is 2.24 bits per heavy atom. The lowest BCUT2D eigenvalue weighted by Gasteiger charge is -2.08. The van der Waals surface area contributed by atoms with Gasteiger partial charge in [0.1, 0.15) is 11.2 Å². The molecule has 1 N–H and O–H groups in total. The summed E-state index contributed by atoms with van der Waals surface area (Å²) in [4.78, 5) is 24.7. The number of aromatic nitrogens is 3. The molecule has 0 aliphatic heterocycles. The molecule has 0 atom stereocenters. The Morgan fingerprint density at radius 3 is 3.10 bits per heavy atom. The smallest absolute Gasteiger partial charge is 0.262 e. The summed E-state index contributed by atoms with van der Waals surface area (Å²) in [6.45, 7) is -0.173. The molecular formula is C13H9ClN4O2S. The zero-order valence-electron chi connectivity index (χ0n) is 10.6. The van der Waals surface area contributed by atoms with Crippen LogP contribution >= 0.6 is 22.9 Å². The van der Waals surface area contributed by atoms with Crippen LogP contribution in [0.3, 0.4) is 0 Å². The standard InChI is InChI=1S/C13H9ClN4O2S/c14-11-9(2-1-4-15-11)18-10(19)6-20-12-8-3-5-21-13(8)17-7-16-12/h1-5,7H,6H2,(H,18,19). The number of anilines is 1. The number of fused-ring (bicyclic) bond motifs is 1. The zero-order valence-corrected chi connectivity index (χ0v) is 12.2. The summed E-state index contributed by atoms with van der Waals surface area (Å²) in [5.74, 6) is 0.0422. The van der Waals surface area contributed by atoms with Gasteiger partial charge in [-0.25, -0.2) is 15.0 Å². The van der Waals surface area contributed by atoms with Gasteiger partial charge < -0.3 is 10.1 Å². The van der Waals surface area contributed by atoms with Crippen LogP contribution in [0.5, 0.6) is 5.88 Å². The molecule has 0 unspecified atom stereocenters. The largest absolute Gasteiger partial charge is 0.467 e. The lowest BCUT2D eigenvalue weighted by molar-refractivity contribution is -0.118. The summed E-state index contributed by atoms with van der Waals surface area (Å²) in [5.41, 5.74) is 0.441. The van der Waals surface area contributed by atoms with Crippen LogP contribution in [0.25, 0.3) is 10.2 Å². The van der Waals surface area contributed by atoms with E-state index in [9.17, 15) is 4.79 Å². The van der Waals surface area contributed by atoms with E-state index in [2.05, 4.69) is 20.3 Å². The number of halogens is 1. The molecule has 0 bridgehead atoms. The minimum Gasteiger partial charge on any atom is -0.467 e. The van der Waals surface area contributed by atoms with E-state index in [0.717, 1.165) is 10.2 Å². The zero-order chi connectivity index (χ0) is 14.7. The molecule has 0 aromatic carbocycles. The predicted octanol–water partition coefficient (Wildman–Crippen LogP) is 2.76. The molecule has 0 aliphatic rings. The van der Waals surface area contributed by atoms with Crippen molar-refractivity contribution in [2.75, 3.05) is 11.9 Å². The van der Waals surface area contributed by atoms with Crippen molar-refractivity contribution in [3.05, 3.63) is 41.3 Å². The summed E-state index contributed by atoms with van der Waals surface area (Å²) < 4.78 is 5.43. The van der Waals surface area contributed by atoms with Crippen molar-refractivity contribution >= 4 is 44.7 Å². The number of carbonyl (C=O) groups excluding carboxylic acids is 1. The van der Waals surface area contributed by atoms with Crippen molar-refractivity contribution in [2.45, 2.75) is 0 Å². The molecule has 6 nitrogen and oxygen atoms in total. The fraction of sp³-hybridized carbons (Fsp3) is 0.0769. The first-order chi connectivity index (χ1) is 10.2. The van der Waals surface area contributed by atoms with Gasteiger partial charge in [0.15, 0.2) is 11.8 Å². The number of ether oxygens (including phenoxy) is 1. The van der Waals surface area contributed by atoms with Crippen LogP contribution in [0.4, 0.5) is 5.69 Å². The van der Waals surface area contributed by atoms with Crippen LogP contribution in [0, 0.1) is 0 Å². The van der Waals surface area contributed by atoms with E-state index in [1.807, 2.05) is 11.4 Å². The summed E-state index contributed by atoms with van der Waals surface area (Å²) in [7, 11) is 0. The molecular weight excluding hydrogens is 312 g/mol. The number of hydrogen-bond donors (Lipinski definition) is 1. The summed E-state index contributed by atoms with van der Waals surface area (Å²) >= 11 is 7.35. The second-order valence-electron chi connectivity index (χ2n) is 4.00. The van der Waals surface area contributed by atoms with Crippen molar-refractivity contribution in [3.8, 4) is 5.88 Å². The lowest BCUT2D eigenvalue weighted by Crippen LogP contribution is -2.20. The monoisotopic (exact) mass is 320 g/mol. The van der Waals surface area contributed by atoms with Crippen LogP contribution in [0.1, 0.15) is 0 Å². The Kier molecular flexibility index (Phi) is 3.94. The maximum absolute atomic E-state index is 11.8. The van der Waals surface area contributed by atoms with Crippen LogP contribution in [-0.2, 0) is 4.79 Å². The lowest BCUT2D eigenvalue weighted by atomic mass is 10.4. The maximum atomic E-state index is 11.8. The molecule has 3 aromatic heterocycles. The average molecular weight is 321 g/mol. The number of amides is 1. The van der Waals surface area contributed by atoms with Gasteiger partial charge in [-0.15, -0.1) is 11.3 Å². The Bertz CT molecular complexity index is 792. The van der Waals surface area contributed by atoms with E-state index >= 15 is 0 Å². The molecule has 3 heterocycles. The highest BCUT2D eigenvalue weighted by atomic mass is 35.5.